The predicted molar refractivity (Wildman–Crippen MR) is 88.0 cm³/mol. The summed E-state index contributed by atoms with van der Waals surface area (Å²) in [6, 6.07) is 11.4. The van der Waals surface area contributed by atoms with Gasteiger partial charge in [-0.05, 0) is 36.6 Å². The number of carbonyl (C=O) groups is 2. The fourth-order valence-corrected chi connectivity index (χ4v) is 2.22. The van der Waals surface area contributed by atoms with Crippen LogP contribution >= 0.6 is 0 Å². The van der Waals surface area contributed by atoms with Gasteiger partial charge in [0.1, 0.15) is 0 Å². The van der Waals surface area contributed by atoms with Gasteiger partial charge in [0.2, 0.25) is 5.91 Å². The van der Waals surface area contributed by atoms with Crippen LogP contribution in [-0.2, 0) is 11.2 Å². The van der Waals surface area contributed by atoms with E-state index < -0.39 is 0 Å². The molecule has 122 valence electrons. The van der Waals surface area contributed by atoms with Gasteiger partial charge in [-0.25, -0.2) is 0 Å². The van der Waals surface area contributed by atoms with Crippen LogP contribution in [0.1, 0.15) is 48.0 Å². The Balaban J connectivity index is 1.74. The molecule has 0 saturated carbocycles. The number of hydrogen-bond donors (Lipinski definition) is 2. The van der Waals surface area contributed by atoms with Gasteiger partial charge in [-0.2, -0.15) is 0 Å². The lowest BCUT2D eigenvalue weighted by Gasteiger charge is -2.15. The molecule has 1 aromatic heterocycles. The summed E-state index contributed by atoms with van der Waals surface area (Å²) in [6.07, 6.45) is 2.66. The Morgan fingerprint density at radius 1 is 1.17 bits per heavy atom. The molecular weight excluding hydrogens is 292 g/mol. The molecule has 23 heavy (non-hydrogen) atoms. The highest BCUT2D eigenvalue weighted by atomic mass is 16.3. The van der Waals surface area contributed by atoms with E-state index in [0.717, 1.165) is 12.0 Å². The maximum Gasteiger partial charge on any atom is 0.286 e. The molecule has 0 bridgehead atoms. The Kier molecular flexibility index (Phi) is 5.97. The molecule has 5 heteroatoms. The van der Waals surface area contributed by atoms with Crippen molar-refractivity contribution in [2.75, 3.05) is 6.54 Å². The molecule has 2 rings (SSSR count). The molecule has 5 nitrogen and oxygen atoms in total. The first-order valence-electron chi connectivity index (χ1n) is 7.80. The van der Waals surface area contributed by atoms with Crippen molar-refractivity contribution in [2.45, 2.75) is 32.7 Å². The molecule has 1 unspecified atom stereocenters. The van der Waals surface area contributed by atoms with Gasteiger partial charge >= 0.3 is 0 Å². The van der Waals surface area contributed by atoms with E-state index in [1.165, 1.54) is 11.8 Å². The molecule has 2 N–H and O–H groups in total. The molecule has 1 heterocycles. The van der Waals surface area contributed by atoms with Gasteiger partial charge in [-0.1, -0.05) is 31.2 Å². The molecule has 0 aliphatic rings. The maximum absolute atomic E-state index is 11.9. The van der Waals surface area contributed by atoms with Gasteiger partial charge in [0, 0.05) is 13.0 Å². The summed E-state index contributed by atoms with van der Waals surface area (Å²) in [5.41, 5.74) is 2.34. The first kappa shape index (κ1) is 16.8. The second-order valence-electron chi connectivity index (χ2n) is 5.37. The fraction of sp³-hybridized carbons (Fsp3) is 0.333. The number of carbonyl (C=O) groups excluding carboxylic acids is 2. The van der Waals surface area contributed by atoms with Crippen LogP contribution < -0.4 is 10.6 Å². The molecule has 0 spiro atoms. The molecule has 0 radical (unpaired) electrons. The normalized spacial score (nSPS) is 11.7. The molecule has 1 atom stereocenters. The van der Waals surface area contributed by atoms with Crippen LogP contribution in [0.15, 0.2) is 47.1 Å². The molecular formula is C18H22N2O3. The highest BCUT2D eigenvalue weighted by Gasteiger charge is 2.11. The first-order chi connectivity index (χ1) is 11.1. The lowest BCUT2D eigenvalue weighted by molar-refractivity contribution is -0.121. The van der Waals surface area contributed by atoms with Crippen molar-refractivity contribution >= 4 is 11.8 Å². The summed E-state index contributed by atoms with van der Waals surface area (Å²) in [5.74, 6) is -0.169. The third-order valence-corrected chi connectivity index (χ3v) is 3.65. The van der Waals surface area contributed by atoms with E-state index >= 15 is 0 Å². The van der Waals surface area contributed by atoms with Crippen molar-refractivity contribution < 1.29 is 14.0 Å². The van der Waals surface area contributed by atoms with E-state index in [9.17, 15) is 9.59 Å². The summed E-state index contributed by atoms with van der Waals surface area (Å²) in [4.78, 5) is 23.6. The zero-order valence-electron chi connectivity index (χ0n) is 13.5. The van der Waals surface area contributed by atoms with E-state index in [-0.39, 0.29) is 36.6 Å². The van der Waals surface area contributed by atoms with Crippen LogP contribution in [0, 0.1) is 0 Å². The Morgan fingerprint density at radius 3 is 2.52 bits per heavy atom. The second kappa shape index (κ2) is 8.17. The zero-order valence-corrected chi connectivity index (χ0v) is 13.5. The fourth-order valence-electron chi connectivity index (χ4n) is 2.22. The Bertz CT molecular complexity index is 633. The van der Waals surface area contributed by atoms with Crippen molar-refractivity contribution in [2.24, 2.45) is 0 Å². The van der Waals surface area contributed by atoms with Crippen LogP contribution in [0.5, 0.6) is 0 Å². The third-order valence-electron chi connectivity index (χ3n) is 3.65. The number of benzene rings is 1. The molecule has 0 saturated heterocycles. The quantitative estimate of drug-likeness (QED) is 0.825. The molecule has 0 aliphatic heterocycles. The number of rotatable bonds is 7. The van der Waals surface area contributed by atoms with E-state index in [2.05, 4.69) is 29.7 Å². The number of amides is 2. The van der Waals surface area contributed by atoms with Gasteiger partial charge in [-0.3, -0.25) is 9.59 Å². The summed E-state index contributed by atoms with van der Waals surface area (Å²) in [6.45, 7) is 4.32. The zero-order chi connectivity index (χ0) is 16.7. The number of hydrogen-bond acceptors (Lipinski definition) is 3. The lowest BCUT2D eigenvalue weighted by Crippen LogP contribution is -2.31. The van der Waals surface area contributed by atoms with E-state index in [0.29, 0.717) is 0 Å². The van der Waals surface area contributed by atoms with Gasteiger partial charge in [-0.15, -0.1) is 0 Å². The van der Waals surface area contributed by atoms with Crippen LogP contribution in [0.4, 0.5) is 0 Å². The van der Waals surface area contributed by atoms with Gasteiger partial charge < -0.3 is 15.1 Å². The summed E-state index contributed by atoms with van der Waals surface area (Å²) >= 11 is 0. The average molecular weight is 314 g/mol. The Labute approximate surface area is 136 Å². The minimum Gasteiger partial charge on any atom is -0.459 e. The van der Waals surface area contributed by atoms with Crippen molar-refractivity contribution in [3.05, 3.63) is 59.5 Å². The van der Waals surface area contributed by atoms with Crippen LogP contribution in [0.3, 0.4) is 0 Å². The minimum absolute atomic E-state index is 0.0609. The largest absolute Gasteiger partial charge is 0.459 e. The van der Waals surface area contributed by atoms with Crippen LogP contribution in [0.2, 0.25) is 0 Å². The van der Waals surface area contributed by atoms with Gasteiger partial charge in [0.25, 0.3) is 5.91 Å². The molecule has 0 fully saturated rings. The van der Waals surface area contributed by atoms with Crippen molar-refractivity contribution in [3.63, 3.8) is 0 Å². The van der Waals surface area contributed by atoms with Gasteiger partial charge in [0.05, 0.1) is 12.3 Å². The summed E-state index contributed by atoms with van der Waals surface area (Å²) in [5, 5.41) is 5.58. The molecule has 2 amide bonds. The Hall–Kier alpha value is -2.56. The minimum atomic E-state index is -0.314. The summed E-state index contributed by atoms with van der Waals surface area (Å²) < 4.78 is 4.98. The topological polar surface area (TPSA) is 71.3 Å². The monoisotopic (exact) mass is 314 g/mol. The van der Waals surface area contributed by atoms with Crippen molar-refractivity contribution in [3.8, 4) is 0 Å². The highest BCUT2D eigenvalue weighted by Crippen LogP contribution is 2.13. The predicted octanol–water partition coefficient (Wildman–Crippen LogP) is 2.84. The number of aryl methyl sites for hydroxylation is 1. The van der Waals surface area contributed by atoms with Gasteiger partial charge in [0.15, 0.2) is 5.76 Å². The van der Waals surface area contributed by atoms with E-state index in [1.807, 2.05) is 19.1 Å². The first-order valence-corrected chi connectivity index (χ1v) is 7.80. The highest BCUT2D eigenvalue weighted by molar-refractivity contribution is 5.91. The van der Waals surface area contributed by atoms with E-state index in [4.69, 9.17) is 4.42 Å². The Morgan fingerprint density at radius 2 is 1.91 bits per heavy atom. The molecule has 2 aromatic rings. The third kappa shape index (κ3) is 4.98. The number of furan rings is 1. The second-order valence-corrected chi connectivity index (χ2v) is 5.37. The summed E-state index contributed by atoms with van der Waals surface area (Å²) in [7, 11) is 0. The van der Waals surface area contributed by atoms with Crippen molar-refractivity contribution in [1.82, 2.24) is 10.6 Å². The molecule has 0 aliphatic carbocycles. The maximum atomic E-state index is 11.9. The van der Waals surface area contributed by atoms with E-state index in [1.54, 1.807) is 12.1 Å². The van der Waals surface area contributed by atoms with Crippen LogP contribution in [-0.4, -0.2) is 18.4 Å². The molecule has 1 aromatic carbocycles. The SMILES string of the molecule is CCc1ccc(C(C)NC(=O)CCNC(=O)c2ccco2)cc1. The number of nitrogens with one attached hydrogen (secondary N) is 2. The standard InChI is InChI=1S/C18H22N2O3/c1-3-14-6-8-15(9-7-14)13(2)20-17(21)10-11-19-18(22)16-5-4-12-23-16/h4-9,12-13H,3,10-11H2,1-2H3,(H,19,22)(H,20,21). The average Bonchev–Trinajstić information content (AvgIpc) is 3.09. The van der Waals surface area contributed by atoms with Crippen LogP contribution in [0.25, 0.3) is 0 Å². The van der Waals surface area contributed by atoms with Crippen molar-refractivity contribution in [1.29, 1.82) is 0 Å². The lowest BCUT2D eigenvalue weighted by atomic mass is 10.0. The smallest absolute Gasteiger partial charge is 0.286 e.